The van der Waals surface area contributed by atoms with Gasteiger partial charge in [0, 0.05) is 5.41 Å². The van der Waals surface area contributed by atoms with Crippen molar-refractivity contribution in [1.82, 2.24) is 0 Å². The highest BCUT2D eigenvalue weighted by Gasteiger charge is 2.72. The van der Waals surface area contributed by atoms with Crippen LogP contribution >= 0.6 is 0 Å². The molecule has 0 aromatic carbocycles. The lowest BCUT2D eigenvalue weighted by atomic mass is 9.35. The third-order valence-corrected chi connectivity index (χ3v) is 3.28. The summed E-state index contributed by atoms with van der Waals surface area (Å²) in [5.74, 6) is 5.82. The first-order valence-corrected chi connectivity index (χ1v) is 5.16. The van der Waals surface area contributed by atoms with Gasteiger partial charge in [-0.15, -0.1) is 0 Å². The fraction of sp³-hybridized carbons (Fsp3) is 0.750. The maximum absolute atomic E-state index is 11.4. The van der Waals surface area contributed by atoms with Crippen molar-refractivity contribution in [3.8, 4) is 11.8 Å². The summed E-state index contributed by atoms with van der Waals surface area (Å²) < 4.78 is 4.75. The van der Waals surface area contributed by atoms with Crippen LogP contribution in [0.25, 0.3) is 0 Å². The van der Waals surface area contributed by atoms with Crippen LogP contribution in [0.2, 0.25) is 0 Å². The summed E-state index contributed by atoms with van der Waals surface area (Å²) in [6.07, 6.45) is 2.40. The molecule has 3 aliphatic carbocycles. The smallest absolute Gasteiger partial charge is 0.311 e. The molecule has 0 saturated heterocycles. The number of carbonyl (C=O) groups excluding carboxylic acids is 1. The van der Waals surface area contributed by atoms with Crippen LogP contribution < -0.4 is 0 Å². The van der Waals surface area contributed by atoms with E-state index in [1.807, 2.05) is 0 Å². The van der Waals surface area contributed by atoms with E-state index in [0.29, 0.717) is 0 Å². The molecule has 3 heteroatoms. The first-order valence-electron chi connectivity index (χ1n) is 5.16. The van der Waals surface area contributed by atoms with Gasteiger partial charge in [-0.25, -0.2) is 0 Å². The van der Waals surface area contributed by atoms with E-state index < -0.39 is 5.60 Å². The average molecular weight is 208 g/mol. The molecular formula is C12H16O3. The Hall–Kier alpha value is -1.01. The zero-order valence-corrected chi connectivity index (χ0v) is 9.39. The minimum atomic E-state index is -0.937. The van der Waals surface area contributed by atoms with Gasteiger partial charge < -0.3 is 9.84 Å². The van der Waals surface area contributed by atoms with Gasteiger partial charge in [0.05, 0.1) is 12.5 Å². The second-order valence-electron chi connectivity index (χ2n) is 5.39. The lowest BCUT2D eigenvalue weighted by molar-refractivity contribution is -0.205. The number of rotatable bonds is 1. The minimum absolute atomic E-state index is 0.00576. The van der Waals surface area contributed by atoms with Crippen molar-refractivity contribution in [3.05, 3.63) is 0 Å². The van der Waals surface area contributed by atoms with Crippen molar-refractivity contribution < 1.29 is 14.6 Å². The topological polar surface area (TPSA) is 46.5 Å². The third kappa shape index (κ3) is 1.53. The van der Waals surface area contributed by atoms with Crippen LogP contribution in [0.4, 0.5) is 0 Å². The molecule has 0 aromatic rings. The van der Waals surface area contributed by atoms with Gasteiger partial charge in [-0.05, 0) is 33.1 Å². The molecular weight excluding hydrogens is 192 g/mol. The Balaban J connectivity index is 1.98. The molecule has 3 aliphatic rings. The van der Waals surface area contributed by atoms with Gasteiger partial charge in [0.1, 0.15) is 5.60 Å². The predicted octanol–water partition coefficient (Wildman–Crippen LogP) is 1.10. The van der Waals surface area contributed by atoms with Crippen LogP contribution in [0.1, 0.15) is 33.1 Å². The monoisotopic (exact) mass is 208 g/mol. The largest absolute Gasteiger partial charge is 0.469 e. The zero-order chi connectivity index (χ0) is 11.3. The number of methoxy groups -OCH3 is 1. The van der Waals surface area contributed by atoms with Crippen LogP contribution in [-0.2, 0) is 9.53 Å². The molecule has 3 fully saturated rings. The SMILES string of the molecule is COC(=O)C12CC(C#CC(C)(C)O)(C1)C2. The predicted molar refractivity (Wildman–Crippen MR) is 54.8 cm³/mol. The molecule has 3 rings (SSSR count). The van der Waals surface area contributed by atoms with Gasteiger partial charge >= 0.3 is 5.97 Å². The summed E-state index contributed by atoms with van der Waals surface area (Å²) in [5.41, 5.74) is -1.18. The fourth-order valence-corrected chi connectivity index (χ4v) is 2.64. The van der Waals surface area contributed by atoms with Gasteiger partial charge in [0.25, 0.3) is 0 Å². The summed E-state index contributed by atoms with van der Waals surface area (Å²) in [6.45, 7) is 3.34. The Morgan fingerprint density at radius 1 is 1.40 bits per heavy atom. The maximum Gasteiger partial charge on any atom is 0.311 e. The van der Waals surface area contributed by atoms with E-state index in [9.17, 15) is 9.90 Å². The van der Waals surface area contributed by atoms with Gasteiger partial charge in [0.15, 0.2) is 0 Å². The number of hydrogen-bond acceptors (Lipinski definition) is 3. The van der Waals surface area contributed by atoms with Crippen LogP contribution in [0, 0.1) is 22.7 Å². The van der Waals surface area contributed by atoms with Crippen molar-refractivity contribution >= 4 is 5.97 Å². The van der Waals surface area contributed by atoms with Crippen molar-refractivity contribution in [2.24, 2.45) is 10.8 Å². The van der Waals surface area contributed by atoms with Crippen molar-refractivity contribution in [3.63, 3.8) is 0 Å². The van der Waals surface area contributed by atoms with E-state index in [4.69, 9.17) is 4.74 Å². The van der Waals surface area contributed by atoms with E-state index in [0.717, 1.165) is 19.3 Å². The summed E-state index contributed by atoms with van der Waals surface area (Å²) >= 11 is 0. The molecule has 82 valence electrons. The molecule has 0 unspecified atom stereocenters. The van der Waals surface area contributed by atoms with E-state index in [2.05, 4.69) is 11.8 Å². The Kier molecular flexibility index (Phi) is 1.94. The zero-order valence-electron chi connectivity index (χ0n) is 9.39. The summed E-state index contributed by atoms with van der Waals surface area (Å²) in [5, 5.41) is 9.47. The van der Waals surface area contributed by atoms with Crippen LogP contribution in [0.5, 0.6) is 0 Å². The van der Waals surface area contributed by atoms with Crippen molar-refractivity contribution in [1.29, 1.82) is 0 Å². The molecule has 2 bridgehead atoms. The minimum Gasteiger partial charge on any atom is -0.469 e. The van der Waals surface area contributed by atoms with Crippen LogP contribution in [-0.4, -0.2) is 23.8 Å². The molecule has 1 N–H and O–H groups in total. The molecule has 0 aromatic heterocycles. The molecule has 15 heavy (non-hydrogen) atoms. The van der Waals surface area contributed by atoms with Gasteiger partial charge in [-0.1, -0.05) is 11.8 Å². The van der Waals surface area contributed by atoms with Gasteiger partial charge in [-0.2, -0.15) is 0 Å². The molecule has 3 saturated carbocycles. The maximum atomic E-state index is 11.4. The Bertz CT molecular complexity index is 345. The summed E-state index contributed by atoms with van der Waals surface area (Å²) in [7, 11) is 1.43. The molecule has 0 aliphatic heterocycles. The molecule has 0 radical (unpaired) electrons. The standard InChI is InChI=1S/C12H16O3/c1-10(2,14)4-5-11-6-12(7-11,8-11)9(13)15-3/h14H,6-8H2,1-3H3. The highest BCUT2D eigenvalue weighted by atomic mass is 16.5. The summed E-state index contributed by atoms with van der Waals surface area (Å²) in [6, 6.07) is 0. The van der Waals surface area contributed by atoms with Crippen LogP contribution in [0.3, 0.4) is 0 Å². The fourth-order valence-electron chi connectivity index (χ4n) is 2.64. The van der Waals surface area contributed by atoms with Gasteiger partial charge in [-0.3, -0.25) is 4.79 Å². The number of esters is 1. The van der Waals surface area contributed by atoms with Crippen LogP contribution in [0.15, 0.2) is 0 Å². The molecule has 0 heterocycles. The number of ether oxygens (including phenoxy) is 1. The molecule has 0 spiro atoms. The Labute approximate surface area is 89.8 Å². The third-order valence-electron chi connectivity index (χ3n) is 3.28. The average Bonchev–Trinajstić information content (AvgIpc) is 1.96. The van der Waals surface area contributed by atoms with Gasteiger partial charge in [0.2, 0.25) is 0 Å². The highest BCUT2D eigenvalue weighted by molar-refractivity contribution is 5.81. The second kappa shape index (κ2) is 2.76. The molecule has 3 nitrogen and oxygen atoms in total. The van der Waals surface area contributed by atoms with E-state index in [-0.39, 0.29) is 16.8 Å². The second-order valence-corrected chi connectivity index (χ2v) is 5.39. The lowest BCUT2D eigenvalue weighted by Gasteiger charge is -2.66. The number of carbonyl (C=O) groups is 1. The van der Waals surface area contributed by atoms with Crippen molar-refractivity contribution in [2.45, 2.75) is 38.7 Å². The molecule has 0 atom stereocenters. The highest BCUT2D eigenvalue weighted by Crippen LogP contribution is 2.73. The first-order chi connectivity index (χ1) is 6.81. The summed E-state index contributed by atoms with van der Waals surface area (Å²) in [4.78, 5) is 11.4. The molecule has 0 amide bonds. The van der Waals surface area contributed by atoms with E-state index in [1.54, 1.807) is 13.8 Å². The van der Waals surface area contributed by atoms with Crippen molar-refractivity contribution in [2.75, 3.05) is 7.11 Å². The van der Waals surface area contributed by atoms with E-state index in [1.165, 1.54) is 7.11 Å². The normalized spacial score (nSPS) is 36.8. The quantitative estimate of drug-likeness (QED) is 0.518. The van der Waals surface area contributed by atoms with E-state index >= 15 is 0 Å². The number of hydrogen-bond donors (Lipinski definition) is 1. The lowest BCUT2D eigenvalue weighted by Crippen LogP contribution is -2.65. The Morgan fingerprint density at radius 2 is 1.93 bits per heavy atom. The Morgan fingerprint density at radius 3 is 2.33 bits per heavy atom. The first kappa shape index (κ1) is 10.5. The number of aliphatic hydroxyl groups is 1.